The lowest BCUT2D eigenvalue weighted by molar-refractivity contribution is 0.206. The largest absolute Gasteiger partial charge is 0.446 e. The lowest BCUT2D eigenvalue weighted by atomic mass is 10.0. The average molecular weight is 325 g/mol. The van der Waals surface area contributed by atoms with E-state index in [0.29, 0.717) is 6.04 Å². The Morgan fingerprint density at radius 2 is 2.29 bits per heavy atom. The van der Waals surface area contributed by atoms with Crippen LogP contribution >= 0.6 is 0 Å². The standard InChI is InChI=1S/C18H23N5O/c1-12-18(20-13(2)24-12)11-23-7-3-4-16(10-23)21-15-5-6-17-14(8-15)9-19-22-17/h5-6,8-9,16,21H,3-4,7,10-11H2,1-2H3,(H,19,22)/t16-/m0/s1. The minimum Gasteiger partial charge on any atom is -0.446 e. The number of nitrogens with zero attached hydrogens (tertiary/aromatic N) is 3. The number of likely N-dealkylation sites (tertiary alicyclic amines) is 1. The van der Waals surface area contributed by atoms with Gasteiger partial charge in [0.25, 0.3) is 0 Å². The molecule has 2 aromatic heterocycles. The number of aromatic amines is 1. The normalized spacial score (nSPS) is 19.0. The number of aromatic nitrogens is 3. The molecule has 1 aliphatic rings. The highest BCUT2D eigenvalue weighted by atomic mass is 16.4. The van der Waals surface area contributed by atoms with Crippen molar-refractivity contribution in [2.24, 2.45) is 0 Å². The number of H-pyrrole nitrogens is 1. The van der Waals surface area contributed by atoms with Gasteiger partial charge < -0.3 is 9.73 Å². The quantitative estimate of drug-likeness (QED) is 0.770. The van der Waals surface area contributed by atoms with Crippen LogP contribution in [0.2, 0.25) is 0 Å². The number of rotatable bonds is 4. The van der Waals surface area contributed by atoms with Gasteiger partial charge in [0.15, 0.2) is 5.89 Å². The fraction of sp³-hybridized carbons (Fsp3) is 0.444. The van der Waals surface area contributed by atoms with E-state index in [9.17, 15) is 0 Å². The predicted molar refractivity (Wildman–Crippen MR) is 94.0 cm³/mol. The Bertz CT molecular complexity index is 837. The third-order valence-electron chi connectivity index (χ3n) is 4.69. The molecule has 0 amide bonds. The molecule has 0 spiro atoms. The Morgan fingerprint density at radius 3 is 3.12 bits per heavy atom. The van der Waals surface area contributed by atoms with Gasteiger partial charge >= 0.3 is 0 Å². The Hall–Kier alpha value is -2.34. The van der Waals surface area contributed by atoms with Crippen LogP contribution < -0.4 is 5.32 Å². The SMILES string of the molecule is Cc1nc(CN2CCC[C@H](Nc3ccc4[nH]ncc4c3)C2)c(C)o1. The van der Waals surface area contributed by atoms with Gasteiger partial charge in [-0.2, -0.15) is 5.10 Å². The third kappa shape index (κ3) is 3.14. The van der Waals surface area contributed by atoms with Crippen LogP contribution in [0.5, 0.6) is 0 Å². The third-order valence-corrected chi connectivity index (χ3v) is 4.69. The van der Waals surface area contributed by atoms with E-state index in [2.05, 4.69) is 43.6 Å². The zero-order chi connectivity index (χ0) is 16.5. The summed E-state index contributed by atoms with van der Waals surface area (Å²) in [5.41, 5.74) is 3.29. The Morgan fingerprint density at radius 1 is 1.38 bits per heavy atom. The molecule has 6 heteroatoms. The second-order valence-electron chi connectivity index (χ2n) is 6.63. The van der Waals surface area contributed by atoms with Crippen LogP contribution in [-0.4, -0.2) is 39.2 Å². The van der Waals surface area contributed by atoms with Crippen molar-refractivity contribution < 1.29 is 4.42 Å². The number of oxazole rings is 1. The molecule has 24 heavy (non-hydrogen) atoms. The highest BCUT2D eigenvalue weighted by molar-refractivity contribution is 5.81. The number of benzene rings is 1. The zero-order valence-corrected chi connectivity index (χ0v) is 14.2. The maximum absolute atomic E-state index is 5.55. The monoisotopic (exact) mass is 325 g/mol. The highest BCUT2D eigenvalue weighted by Gasteiger charge is 2.21. The maximum Gasteiger partial charge on any atom is 0.191 e. The lowest BCUT2D eigenvalue weighted by Gasteiger charge is -2.33. The Balaban J connectivity index is 1.41. The van der Waals surface area contributed by atoms with E-state index >= 15 is 0 Å². The molecule has 0 saturated carbocycles. The van der Waals surface area contributed by atoms with Gasteiger partial charge in [0.05, 0.1) is 17.4 Å². The van der Waals surface area contributed by atoms with Crippen molar-refractivity contribution in [1.29, 1.82) is 0 Å². The predicted octanol–water partition coefficient (Wildman–Crippen LogP) is 3.24. The molecule has 4 rings (SSSR count). The molecule has 126 valence electrons. The minimum atomic E-state index is 0.455. The number of piperidine rings is 1. The molecule has 1 aromatic carbocycles. The number of nitrogens with one attached hydrogen (secondary N) is 2. The first-order valence-corrected chi connectivity index (χ1v) is 8.52. The van der Waals surface area contributed by atoms with Crippen molar-refractivity contribution in [2.75, 3.05) is 18.4 Å². The number of hydrogen-bond acceptors (Lipinski definition) is 5. The molecule has 0 bridgehead atoms. The van der Waals surface area contributed by atoms with E-state index in [-0.39, 0.29) is 0 Å². The summed E-state index contributed by atoms with van der Waals surface area (Å²) in [5, 5.41) is 11.9. The first-order valence-electron chi connectivity index (χ1n) is 8.52. The van der Waals surface area contributed by atoms with Crippen molar-refractivity contribution in [2.45, 2.75) is 39.3 Å². The van der Waals surface area contributed by atoms with Gasteiger partial charge in [0.2, 0.25) is 0 Å². The summed E-state index contributed by atoms with van der Waals surface area (Å²) in [6.07, 6.45) is 4.25. The molecule has 6 nitrogen and oxygen atoms in total. The van der Waals surface area contributed by atoms with E-state index in [4.69, 9.17) is 4.42 Å². The highest BCUT2D eigenvalue weighted by Crippen LogP contribution is 2.21. The molecule has 3 heterocycles. The second kappa shape index (κ2) is 6.28. The summed E-state index contributed by atoms with van der Waals surface area (Å²) in [4.78, 5) is 6.96. The van der Waals surface area contributed by atoms with E-state index in [0.717, 1.165) is 53.6 Å². The van der Waals surface area contributed by atoms with Crippen LogP contribution in [0.15, 0.2) is 28.8 Å². The summed E-state index contributed by atoms with van der Waals surface area (Å²) in [7, 11) is 0. The Kier molecular flexibility index (Phi) is 3.98. The molecule has 1 saturated heterocycles. The molecule has 0 aliphatic carbocycles. The topological polar surface area (TPSA) is 70.0 Å². The van der Waals surface area contributed by atoms with Crippen LogP contribution in [0.3, 0.4) is 0 Å². The molecule has 0 unspecified atom stereocenters. The van der Waals surface area contributed by atoms with Crippen LogP contribution in [-0.2, 0) is 6.54 Å². The van der Waals surface area contributed by atoms with Crippen molar-refractivity contribution in [3.63, 3.8) is 0 Å². The van der Waals surface area contributed by atoms with Gasteiger partial charge in [-0.1, -0.05) is 0 Å². The lowest BCUT2D eigenvalue weighted by Crippen LogP contribution is -2.41. The first-order chi connectivity index (χ1) is 11.7. The summed E-state index contributed by atoms with van der Waals surface area (Å²) in [6, 6.07) is 6.80. The van der Waals surface area contributed by atoms with E-state index in [1.165, 1.54) is 12.8 Å². The molecular weight excluding hydrogens is 302 g/mol. The van der Waals surface area contributed by atoms with Crippen LogP contribution in [0.1, 0.15) is 30.2 Å². The van der Waals surface area contributed by atoms with Gasteiger partial charge in [-0.05, 0) is 44.5 Å². The smallest absolute Gasteiger partial charge is 0.191 e. The summed E-state index contributed by atoms with van der Waals surface area (Å²) in [6.45, 7) is 6.90. The van der Waals surface area contributed by atoms with Crippen molar-refractivity contribution in [1.82, 2.24) is 20.1 Å². The van der Waals surface area contributed by atoms with Crippen molar-refractivity contribution in [3.05, 3.63) is 41.7 Å². The second-order valence-corrected chi connectivity index (χ2v) is 6.63. The summed E-state index contributed by atoms with van der Waals surface area (Å²) >= 11 is 0. The number of aryl methyl sites for hydroxylation is 2. The van der Waals surface area contributed by atoms with Gasteiger partial charge in [-0.3, -0.25) is 10.00 Å². The van der Waals surface area contributed by atoms with Crippen LogP contribution in [0.4, 0.5) is 5.69 Å². The summed E-state index contributed by atoms with van der Waals surface area (Å²) in [5.74, 6) is 1.69. The van der Waals surface area contributed by atoms with E-state index in [1.807, 2.05) is 20.0 Å². The molecule has 2 N–H and O–H groups in total. The number of hydrogen-bond donors (Lipinski definition) is 2. The van der Waals surface area contributed by atoms with Crippen LogP contribution in [0, 0.1) is 13.8 Å². The van der Waals surface area contributed by atoms with Gasteiger partial charge in [0, 0.05) is 37.1 Å². The van der Waals surface area contributed by atoms with E-state index < -0.39 is 0 Å². The Labute approximate surface area is 141 Å². The van der Waals surface area contributed by atoms with E-state index in [1.54, 1.807) is 0 Å². The molecule has 0 radical (unpaired) electrons. The van der Waals surface area contributed by atoms with Gasteiger partial charge in [0.1, 0.15) is 5.76 Å². The molecule has 3 aromatic rings. The summed E-state index contributed by atoms with van der Waals surface area (Å²) < 4.78 is 5.55. The number of fused-ring (bicyclic) bond motifs is 1. The molecule has 1 aliphatic heterocycles. The number of anilines is 1. The zero-order valence-electron chi connectivity index (χ0n) is 14.2. The average Bonchev–Trinajstić information content (AvgIpc) is 3.13. The fourth-order valence-corrected chi connectivity index (χ4v) is 3.52. The molecular formula is C18H23N5O. The molecule has 1 fully saturated rings. The maximum atomic E-state index is 5.55. The van der Waals surface area contributed by atoms with Crippen molar-refractivity contribution >= 4 is 16.6 Å². The van der Waals surface area contributed by atoms with Crippen LogP contribution in [0.25, 0.3) is 10.9 Å². The van der Waals surface area contributed by atoms with Gasteiger partial charge in [-0.25, -0.2) is 4.98 Å². The van der Waals surface area contributed by atoms with Crippen molar-refractivity contribution in [3.8, 4) is 0 Å². The minimum absolute atomic E-state index is 0.455. The molecule has 1 atom stereocenters. The first kappa shape index (κ1) is 15.2. The fourth-order valence-electron chi connectivity index (χ4n) is 3.52. The van der Waals surface area contributed by atoms with Gasteiger partial charge in [-0.15, -0.1) is 0 Å².